The first-order valence-electron chi connectivity index (χ1n) is 7.88. The molecule has 0 bridgehead atoms. The molecule has 0 amide bonds. The van der Waals surface area contributed by atoms with Gasteiger partial charge in [0.2, 0.25) is 0 Å². The zero-order chi connectivity index (χ0) is 15.3. The summed E-state index contributed by atoms with van der Waals surface area (Å²) in [6, 6.07) is 3.95. The molecular formula is C16H19N5O. The lowest BCUT2D eigenvalue weighted by Crippen LogP contribution is -2.34. The molecule has 3 aromatic heterocycles. The first-order chi connectivity index (χ1) is 10.7. The Balaban J connectivity index is 1.91. The highest BCUT2D eigenvalue weighted by atomic mass is 16.1. The third-order valence-corrected chi connectivity index (χ3v) is 5.20. The average molecular weight is 297 g/mol. The van der Waals surface area contributed by atoms with E-state index in [9.17, 15) is 4.79 Å². The van der Waals surface area contributed by atoms with E-state index < -0.39 is 0 Å². The lowest BCUT2D eigenvalue weighted by Gasteiger charge is -2.35. The summed E-state index contributed by atoms with van der Waals surface area (Å²) in [6.45, 7) is 4.52. The predicted molar refractivity (Wildman–Crippen MR) is 83.8 cm³/mol. The van der Waals surface area contributed by atoms with E-state index in [1.807, 2.05) is 16.8 Å². The summed E-state index contributed by atoms with van der Waals surface area (Å²) in [5, 5.41) is 12.4. The van der Waals surface area contributed by atoms with Gasteiger partial charge in [0.1, 0.15) is 5.52 Å². The molecule has 6 heteroatoms. The normalized spacial score (nSPS) is 25.8. The second kappa shape index (κ2) is 4.90. The van der Waals surface area contributed by atoms with E-state index in [0.717, 1.165) is 6.42 Å². The van der Waals surface area contributed by atoms with Gasteiger partial charge in [0.15, 0.2) is 11.2 Å². The molecule has 1 saturated carbocycles. The van der Waals surface area contributed by atoms with Crippen LogP contribution in [0.25, 0.3) is 16.7 Å². The van der Waals surface area contributed by atoms with Crippen molar-refractivity contribution >= 4 is 16.7 Å². The number of aromatic nitrogens is 5. The molecule has 0 unspecified atom stereocenters. The minimum Gasteiger partial charge on any atom is -0.310 e. The van der Waals surface area contributed by atoms with Gasteiger partial charge >= 0.3 is 0 Å². The van der Waals surface area contributed by atoms with Crippen LogP contribution in [0, 0.1) is 11.8 Å². The van der Waals surface area contributed by atoms with Gasteiger partial charge in [-0.05, 0) is 24.3 Å². The first-order valence-corrected chi connectivity index (χ1v) is 7.88. The molecule has 1 aliphatic rings. The third-order valence-electron chi connectivity index (χ3n) is 5.20. The van der Waals surface area contributed by atoms with Crippen LogP contribution in [-0.4, -0.2) is 24.4 Å². The third kappa shape index (κ3) is 1.86. The fourth-order valence-electron chi connectivity index (χ4n) is 3.66. The second-order valence-corrected chi connectivity index (χ2v) is 6.40. The minimum atomic E-state index is -0.0617. The Morgan fingerprint density at radius 2 is 2.05 bits per heavy atom. The molecule has 114 valence electrons. The Hall–Kier alpha value is -2.24. The summed E-state index contributed by atoms with van der Waals surface area (Å²) in [5.74, 6) is 1.13. The molecule has 0 spiro atoms. The van der Waals surface area contributed by atoms with Gasteiger partial charge in [0, 0.05) is 18.3 Å². The van der Waals surface area contributed by atoms with Gasteiger partial charge in [-0.3, -0.25) is 4.79 Å². The maximum atomic E-state index is 12.9. The van der Waals surface area contributed by atoms with Gasteiger partial charge in [-0.25, -0.2) is 4.52 Å². The van der Waals surface area contributed by atoms with Crippen LogP contribution in [0.1, 0.15) is 39.2 Å². The molecule has 1 aliphatic carbocycles. The van der Waals surface area contributed by atoms with Gasteiger partial charge in [-0.15, -0.1) is 10.2 Å². The smallest absolute Gasteiger partial charge is 0.280 e. The fraction of sp³-hybridized carbons (Fsp3) is 0.500. The molecule has 3 heterocycles. The first kappa shape index (κ1) is 13.4. The average Bonchev–Trinajstić information content (AvgIpc) is 3.00. The molecule has 6 nitrogen and oxygen atoms in total. The number of pyridine rings is 1. The lowest BCUT2D eigenvalue weighted by atomic mass is 9.78. The number of hydrogen-bond acceptors (Lipinski definition) is 4. The summed E-state index contributed by atoms with van der Waals surface area (Å²) in [5.41, 5.74) is 1.70. The highest BCUT2D eigenvalue weighted by Crippen LogP contribution is 2.36. The maximum Gasteiger partial charge on any atom is 0.280 e. The Kier molecular flexibility index (Phi) is 2.99. The zero-order valence-corrected chi connectivity index (χ0v) is 12.8. The van der Waals surface area contributed by atoms with Crippen molar-refractivity contribution in [2.24, 2.45) is 11.8 Å². The molecule has 0 saturated heterocycles. The van der Waals surface area contributed by atoms with Crippen molar-refractivity contribution in [1.29, 1.82) is 0 Å². The van der Waals surface area contributed by atoms with Crippen molar-refractivity contribution in [3.8, 4) is 0 Å². The van der Waals surface area contributed by atoms with Gasteiger partial charge < -0.3 is 4.57 Å². The fourth-order valence-corrected chi connectivity index (χ4v) is 3.66. The van der Waals surface area contributed by atoms with Crippen LogP contribution in [0.3, 0.4) is 0 Å². The standard InChI is InChI=1S/C16H19N5O/c1-10-4-3-5-12(11(10)2)20-9-7-13-15(16(20)22)19-18-14-6-8-17-21(13)14/h6-12H,3-5H2,1-2H3/t10-,11-,12+/m1/s1. The zero-order valence-electron chi connectivity index (χ0n) is 12.8. The quantitative estimate of drug-likeness (QED) is 0.692. The van der Waals surface area contributed by atoms with Crippen LogP contribution in [0.4, 0.5) is 0 Å². The number of fused-ring (bicyclic) bond motifs is 3. The molecular weight excluding hydrogens is 278 g/mol. The van der Waals surface area contributed by atoms with Gasteiger partial charge in [-0.1, -0.05) is 26.7 Å². The lowest BCUT2D eigenvalue weighted by molar-refractivity contribution is 0.183. The van der Waals surface area contributed by atoms with Crippen LogP contribution in [0.2, 0.25) is 0 Å². The van der Waals surface area contributed by atoms with E-state index in [1.54, 1.807) is 16.8 Å². The summed E-state index contributed by atoms with van der Waals surface area (Å²) in [6.07, 6.45) is 7.03. The molecule has 4 rings (SSSR count). The molecule has 0 N–H and O–H groups in total. The Morgan fingerprint density at radius 1 is 1.18 bits per heavy atom. The minimum absolute atomic E-state index is 0.0617. The Morgan fingerprint density at radius 3 is 2.91 bits per heavy atom. The highest BCUT2D eigenvalue weighted by Gasteiger charge is 2.29. The van der Waals surface area contributed by atoms with E-state index in [4.69, 9.17) is 0 Å². The van der Waals surface area contributed by atoms with Gasteiger partial charge in [0.05, 0.1) is 6.20 Å². The summed E-state index contributed by atoms with van der Waals surface area (Å²) in [4.78, 5) is 12.9. The summed E-state index contributed by atoms with van der Waals surface area (Å²) in [7, 11) is 0. The van der Waals surface area contributed by atoms with Crippen LogP contribution in [0.15, 0.2) is 29.3 Å². The molecule has 3 aromatic rings. The Labute approximate surface area is 127 Å². The summed E-state index contributed by atoms with van der Waals surface area (Å²) >= 11 is 0. The molecule has 1 fully saturated rings. The van der Waals surface area contributed by atoms with E-state index >= 15 is 0 Å². The SMILES string of the molecule is C[C@@H]1[C@H](C)CCC[C@@H]1n1ccc2c(nnc3ccnn32)c1=O. The van der Waals surface area contributed by atoms with Crippen LogP contribution in [0.5, 0.6) is 0 Å². The van der Waals surface area contributed by atoms with E-state index in [1.165, 1.54) is 12.8 Å². The molecule has 22 heavy (non-hydrogen) atoms. The van der Waals surface area contributed by atoms with Crippen LogP contribution < -0.4 is 5.56 Å². The molecule has 3 atom stereocenters. The van der Waals surface area contributed by atoms with E-state index in [2.05, 4.69) is 29.1 Å². The molecule has 0 radical (unpaired) electrons. The predicted octanol–water partition coefficient (Wildman–Crippen LogP) is 2.44. The molecule has 0 aromatic carbocycles. The largest absolute Gasteiger partial charge is 0.310 e. The van der Waals surface area contributed by atoms with Crippen molar-refractivity contribution in [3.63, 3.8) is 0 Å². The molecule has 0 aliphatic heterocycles. The van der Waals surface area contributed by atoms with E-state index in [-0.39, 0.29) is 11.6 Å². The topological polar surface area (TPSA) is 65.1 Å². The number of hydrogen-bond donors (Lipinski definition) is 0. The monoisotopic (exact) mass is 297 g/mol. The number of rotatable bonds is 1. The van der Waals surface area contributed by atoms with Crippen molar-refractivity contribution in [2.75, 3.05) is 0 Å². The maximum absolute atomic E-state index is 12.9. The second-order valence-electron chi connectivity index (χ2n) is 6.40. The van der Waals surface area contributed by atoms with Gasteiger partial charge in [0.25, 0.3) is 5.56 Å². The van der Waals surface area contributed by atoms with Crippen molar-refractivity contribution in [1.82, 2.24) is 24.4 Å². The van der Waals surface area contributed by atoms with Crippen molar-refractivity contribution in [2.45, 2.75) is 39.2 Å². The van der Waals surface area contributed by atoms with Gasteiger partial charge in [-0.2, -0.15) is 5.10 Å². The number of nitrogens with zero attached hydrogens (tertiary/aromatic N) is 5. The van der Waals surface area contributed by atoms with Crippen molar-refractivity contribution < 1.29 is 0 Å². The van der Waals surface area contributed by atoms with E-state index in [0.29, 0.717) is 28.5 Å². The van der Waals surface area contributed by atoms with Crippen LogP contribution in [-0.2, 0) is 0 Å². The summed E-state index contributed by atoms with van der Waals surface area (Å²) < 4.78 is 3.52. The van der Waals surface area contributed by atoms with Crippen molar-refractivity contribution in [3.05, 3.63) is 34.9 Å². The van der Waals surface area contributed by atoms with Crippen LogP contribution >= 0.6 is 0 Å². The Bertz CT molecular complexity index is 896. The highest BCUT2D eigenvalue weighted by molar-refractivity contribution is 5.74.